The molecule has 5 nitrogen and oxygen atoms in total. The molecule has 1 rings (SSSR count). The molecule has 1 unspecified atom stereocenters. The Balaban J connectivity index is 2.43. The van der Waals surface area contributed by atoms with E-state index in [0.717, 1.165) is 5.56 Å². The number of esters is 1. The second-order valence-corrected chi connectivity index (χ2v) is 4.84. The van der Waals surface area contributed by atoms with Gasteiger partial charge in [0.05, 0.1) is 0 Å². The highest BCUT2D eigenvalue weighted by atomic mass is 127. The largest absolute Gasteiger partial charge is 0.506 e. The van der Waals surface area contributed by atoms with Crippen LogP contribution in [0.2, 0.25) is 0 Å². The number of halogens is 1. The number of carbonyl (C=O) groups is 2. The molecular formula is C12H13IO5. The fraction of sp³-hybridized carbons (Fsp3) is 0.333. The molecule has 1 N–H and O–H groups in total. The molecule has 0 fully saturated rings. The molecule has 98 valence electrons. The van der Waals surface area contributed by atoms with Gasteiger partial charge in [-0.15, -0.1) is 0 Å². The average molecular weight is 364 g/mol. The smallest absolute Gasteiger partial charge is 0.460 e. The lowest BCUT2D eigenvalue weighted by atomic mass is 10.2. The van der Waals surface area contributed by atoms with Gasteiger partial charge in [0.1, 0.15) is 12.5 Å². The van der Waals surface area contributed by atoms with Crippen molar-refractivity contribution < 1.29 is 24.2 Å². The summed E-state index contributed by atoms with van der Waals surface area (Å²) in [6, 6.07) is 9.25. The highest BCUT2D eigenvalue weighted by Crippen LogP contribution is 2.17. The molecule has 0 saturated heterocycles. The van der Waals surface area contributed by atoms with Crippen LogP contribution in [0.1, 0.15) is 12.5 Å². The number of rotatable bonds is 5. The third-order valence-electron chi connectivity index (χ3n) is 2.20. The summed E-state index contributed by atoms with van der Waals surface area (Å²) in [5.74, 6) is -1.13. The van der Waals surface area contributed by atoms with Gasteiger partial charge in [-0.25, -0.2) is 4.79 Å². The van der Waals surface area contributed by atoms with E-state index in [2.05, 4.69) is 4.74 Å². The van der Waals surface area contributed by atoms with E-state index in [1.165, 1.54) is 0 Å². The van der Waals surface area contributed by atoms with E-state index >= 15 is 0 Å². The normalized spacial score (nSPS) is 13.4. The number of alkyl halides is 1. The monoisotopic (exact) mass is 364 g/mol. The third kappa shape index (κ3) is 4.91. The Morgan fingerprint density at radius 2 is 1.94 bits per heavy atom. The van der Waals surface area contributed by atoms with Crippen molar-refractivity contribution in [1.29, 1.82) is 0 Å². The van der Waals surface area contributed by atoms with Gasteiger partial charge >= 0.3 is 12.1 Å². The van der Waals surface area contributed by atoms with Crippen LogP contribution in [0.15, 0.2) is 30.3 Å². The summed E-state index contributed by atoms with van der Waals surface area (Å²) in [6.07, 6.45) is -1.41. The lowest BCUT2D eigenvalue weighted by molar-refractivity contribution is -0.151. The fourth-order valence-corrected chi connectivity index (χ4v) is 1.68. The quantitative estimate of drug-likeness (QED) is 0.494. The first kappa shape index (κ1) is 14.7. The van der Waals surface area contributed by atoms with Gasteiger partial charge in [0.25, 0.3) is 0 Å². The Labute approximate surface area is 118 Å². The Morgan fingerprint density at radius 3 is 2.50 bits per heavy atom. The van der Waals surface area contributed by atoms with Gasteiger partial charge in [-0.1, -0.05) is 30.3 Å². The van der Waals surface area contributed by atoms with E-state index in [1.807, 2.05) is 30.3 Å². The molecule has 0 aliphatic rings. The molecule has 18 heavy (non-hydrogen) atoms. The molecular weight excluding hydrogens is 351 g/mol. The molecule has 6 heteroatoms. The number of ether oxygens (including phenoxy) is 2. The van der Waals surface area contributed by atoms with Crippen LogP contribution in [0.5, 0.6) is 0 Å². The van der Waals surface area contributed by atoms with Crippen LogP contribution >= 0.6 is 22.6 Å². The van der Waals surface area contributed by atoms with Crippen molar-refractivity contribution in [2.45, 2.75) is 17.6 Å². The summed E-state index contributed by atoms with van der Waals surface area (Å²) in [5, 5.41) is 8.44. The lowest BCUT2D eigenvalue weighted by Crippen LogP contribution is -2.26. The van der Waals surface area contributed by atoms with Crippen molar-refractivity contribution >= 4 is 34.7 Å². The Morgan fingerprint density at radius 1 is 1.33 bits per heavy atom. The van der Waals surface area contributed by atoms with Gasteiger partial charge in [-0.05, 0) is 35.1 Å². The molecule has 0 radical (unpaired) electrons. The second kappa shape index (κ2) is 7.20. The minimum Gasteiger partial charge on any atom is -0.460 e. The Bertz CT molecular complexity index is 406. The maximum atomic E-state index is 11.6. The average Bonchev–Trinajstić information content (AvgIpc) is 2.35. The van der Waals surface area contributed by atoms with Crippen LogP contribution in [0.25, 0.3) is 0 Å². The highest BCUT2D eigenvalue weighted by Gasteiger charge is 2.26. The zero-order valence-corrected chi connectivity index (χ0v) is 11.9. The van der Waals surface area contributed by atoms with Gasteiger partial charge in [0.2, 0.25) is 0 Å². The van der Waals surface area contributed by atoms with Crippen molar-refractivity contribution in [3.05, 3.63) is 35.9 Å². The van der Waals surface area contributed by atoms with Crippen molar-refractivity contribution in [2.75, 3.05) is 0 Å². The van der Waals surface area contributed by atoms with Gasteiger partial charge in [0, 0.05) is 0 Å². The van der Waals surface area contributed by atoms with Gasteiger partial charge in [-0.2, -0.15) is 0 Å². The van der Waals surface area contributed by atoms with E-state index in [9.17, 15) is 9.59 Å². The van der Waals surface area contributed by atoms with Crippen LogP contribution in [-0.2, 0) is 20.9 Å². The molecule has 0 saturated carbocycles. The van der Waals surface area contributed by atoms with Crippen LogP contribution in [0.4, 0.5) is 4.79 Å². The number of hydrogen-bond donors (Lipinski definition) is 1. The fourth-order valence-electron chi connectivity index (χ4n) is 1.17. The number of benzene rings is 1. The number of carboxylic acid groups (broad SMARTS) is 1. The predicted octanol–water partition coefficient (Wildman–Crippen LogP) is 2.82. The SMILES string of the molecule is C[C@@H](C(=O)OCc1ccccc1)C(I)OC(=O)O. The summed E-state index contributed by atoms with van der Waals surface area (Å²) < 4.78 is 8.80. The maximum Gasteiger partial charge on any atom is 0.506 e. The van der Waals surface area contributed by atoms with Gasteiger partial charge in [0.15, 0.2) is 4.11 Å². The summed E-state index contributed by atoms with van der Waals surface area (Å²) in [7, 11) is 0. The predicted molar refractivity (Wildman–Crippen MR) is 72.3 cm³/mol. The summed E-state index contributed by atoms with van der Waals surface area (Å²) in [4.78, 5) is 22.0. The standard InChI is InChI=1S/C12H13IO5/c1-8(10(13)18-12(15)16)11(14)17-7-9-5-3-2-4-6-9/h2-6,8,10H,7H2,1H3,(H,15,16)/t8-,10?/m1/s1. The molecule has 0 aliphatic heterocycles. The molecule has 2 atom stereocenters. The topological polar surface area (TPSA) is 72.8 Å². The van der Waals surface area contributed by atoms with E-state index in [1.54, 1.807) is 29.5 Å². The molecule has 0 heterocycles. The van der Waals surface area contributed by atoms with E-state index < -0.39 is 22.2 Å². The van der Waals surface area contributed by atoms with E-state index in [0.29, 0.717) is 0 Å². The van der Waals surface area contributed by atoms with Crippen molar-refractivity contribution in [3.63, 3.8) is 0 Å². The van der Waals surface area contributed by atoms with E-state index in [4.69, 9.17) is 9.84 Å². The lowest BCUT2D eigenvalue weighted by Gasteiger charge is -2.16. The first-order valence-corrected chi connectivity index (χ1v) is 6.49. The van der Waals surface area contributed by atoms with E-state index in [-0.39, 0.29) is 6.61 Å². The van der Waals surface area contributed by atoms with Crippen LogP contribution in [0, 0.1) is 5.92 Å². The summed E-state index contributed by atoms with van der Waals surface area (Å²) in [5.41, 5.74) is 0.877. The Kier molecular flexibility index (Phi) is 5.90. The minimum atomic E-state index is -1.41. The van der Waals surface area contributed by atoms with Crippen molar-refractivity contribution in [2.24, 2.45) is 5.92 Å². The molecule has 1 aromatic carbocycles. The number of carbonyl (C=O) groups excluding carboxylic acids is 1. The first-order valence-electron chi connectivity index (χ1n) is 5.25. The zero-order valence-electron chi connectivity index (χ0n) is 9.71. The van der Waals surface area contributed by atoms with Crippen molar-refractivity contribution in [1.82, 2.24) is 0 Å². The molecule has 0 aliphatic carbocycles. The summed E-state index contributed by atoms with van der Waals surface area (Å²) >= 11 is 1.75. The number of hydrogen-bond acceptors (Lipinski definition) is 4. The highest BCUT2D eigenvalue weighted by molar-refractivity contribution is 14.1. The maximum absolute atomic E-state index is 11.6. The van der Waals surface area contributed by atoms with Crippen LogP contribution in [-0.4, -0.2) is 21.3 Å². The Hall–Kier alpha value is -1.31. The second-order valence-electron chi connectivity index (χ2n) is 3.62. The zero-order chi connectivity index (χ0) is 13.5. The molecule has 0 spiro atoms. The molecule has 0 aromatic heterocycles. The third-order valence-corrected chi connectivity index (χ3v) is 3.54. The molecule has 1 aromatic rings. The van der Waals surface area contributed by atoms with Crippen LogP contribution < -0.4 is 0 Å². The minimum absolute atomic E-state index is 0.167. The van der Waals surface area contributed by atoms with Crippen molar-refractivity contribution in [3.8, 4) is 0 Å². The molecule has 0 bridgehead atoms. The van der Waals surface area contributed by atoms with Gasteiger partial charge in [-0.3, -0.25) is 4.79 Å². The van der Waals surface area contributed by atoms with Crippen LogP contribution in [0.3, 0.4) is 0 Å². The summed E-state index contributed by atoms with van der Waals surface area (Å²) in [6.45, 7) is 1.73. The first-order chi connectivity index (χ1) is 8.50. The molecule has 0 amide bonds. The van der Waals surface area contributed by atoms with Gasteiger partial charge < -0.3 is 14.6 Å².